The summed E-state index contributed by atoms with van der Waals surface area (Å²) in [4.78, 5) is 21.3. The van der Waals surface area contributed by atoms with Crippen LogP contribution in [0.4, 0.5) is 0 Å². The van der Waals surface area contributed by atoms with Gasteiger partial charge in [-0.15, -0.1) is 11.3 Å². The van der Waals surface area contributed by atoms with E-state index in [9.17, 15) is 9.90 Å². The van der Waals surface area contributed by atoms with Crippen LogP contribution < -0.4 is 0 Å². The Morgan fingerprint density at radius 2 is 1.79 bits per heavy atom. The third-order valence-corrected chi connectivity index (χ3v) is 8.04. The second-order valence-electron chi connectivity index (χ2n) is 9.18. The highest BCUT2D eigenvalue weighted by Crippen LogP contribution is 2.41. The highest BCUT2D eigenvalue weighted by molar-refractivity contribution is 7.22. The Kier molecular flexibility index (Phi) is 6.18. The molecule has 0 bridgehead atoms. The molecule has 0 fully saturated rings. The first-order valence-corrected chi connectivity index (χ1v) is 13.4. The average molecular weight is 539 g/mol. The summed E-state index contributed by atoms with van der Waals surface area (Å²) in [7, 11) is 0. The van der Waals surface area contributed by atoms with Gasteiger partial charge in [-0.2, -0.15) is 5.10 Å². The summed E-state index contributed by atoms with van der Waals surface area (Å²) in [5.41, 5.74) is 8.14. The van der Waals surface area contributed by atoms with Gasteiger partial charge >= 0.3 is 5.97 Å². The summed E-state index contributed by atoms with van der Waals surface area (Å²) in [6.07, 6.45) is 3.78. The van der Waals surface area contributed by atoms with Crippen LogP contribution in [-0.2, 0) is 17.8 Å². The normalized spacial score (nSPS) is 11.4. The summed E-state index contributed by atoms with van der Waals surface area (Å²) in [6, 6.07) is 19.7. The quantitative estimate of drug-likeness (QED) is 0.235. The zero-order valence-electron chi connectivity index (χ0n) is 20.8. The molecule has 0 saturated carbocycles. The van der Waals surface area contributed by atoms with Crippen molar-refractivity contribution >= 4 is 50.0 Å². The summed E-state index contributed by atoms with van der Waals surface area (Å²) in [5, 5.41) is 16.8. The molecule has 0 unspecified atom stereocenters. The Balaban J connectivity index is 1.48. The molecule has 0 saturated heterocycles. The number of halogens is 1. The summed E-state index contributed by atoms with van der Waals surface area (Å²) >= 11 is 7.71. The van der Waals surface area contributed by atoms with Crippen LogP contribution in [0.15, 0.2) is 73.1 Å². The molecule has 0 spiro atoms. The van der Waals surface area contributed by atoms with Gasteiger partial charge in [0.1, 0.15) is 5.01 Å². The average Bonchev–Trinajstić information content (AvgIpc) is 3.53. The lowest BCUT2D eigenvalue weighted by Gasteiger charge is -2.13. The zero-order chi connectivity index (χ0) is 26.4. The lowest BCUT2D eigenvalue weighted by molar-refractivity contribution is -0.136. The number of nitrogens with zero attached hydrogens (tertiary/aromatic N) is 4. The predicted molar refractivity (Wildman–Crippen MR) is 154 cm³/mol. The third-order valence-electron chi connectivity index (χ3n) is 6.65. The standard InChI is InChI=1S/C30H23ClN4O2S/c1-3-35-16-21-13-19(6-9-24(21)34-35)25-14-20(10-11-32-25)30-33-26-12-17(2)23(15-27(36)37)28(29(26)38-30)18-4-7-22(31)8-5-18/h4-14,16H,3,15H2,1-2H3,(H,36,37). The SMILES string of the molecule is CCn1cc2cc(-c3cc(-c4nc5cc(C)c(CC(=O)O)c(-c6ccc(Cl)cc6)c5s4)ccn3)ccc2n1. The number of pyridine rings is 1. The summed E-state index contributed by atoms with van der Waals surface area (Å²) < 4.78 is 2.88. The van der Waals surface area contributed by atoms with Crippen LogP contribution in [0, 0.1) is 6.92 Å². The second-order valence-corrected chi connectivity index (χ2v) is 10.6. The topological polar surface area (TPSA) is 80.9 Å². The molecule has 6 rings (SSSR count). The molecule has 1 N–H and O–H groups in total. The Labute approximate surface area is 228 Å². The van der Waals surface area contributed by atoms with Gasteiger partial charge < -0.3 is 5.11 Å². The minimum Gasteiger partial charge on any atom is -0.481 e. The first kappa shape index (κ1) is 24.3. The van der Waals surface area contributed by atoms with Gasteiger partial charge in [0.25, 0.3) is 0 Å². The smallest absolute Gasteiger partial charge is 0.307 e. The highest BCUT2D eigenvalue weighted by Gasteiger charge is 2.20. The lowest BCUT2D eigenvalue weighted by atomic mass is 9.93. The molecule has 0 aliphatic heterocycles. The van der Waals surface area contributed by atoms with E-state index in [0.717, 1.165) is 71.7 Å². The molecule has 0 radical (unpaired) electrons. The number of aromatic nitrogens is 4. The largest absolute Gasteiger partial charge is 0.481 e. The van der Waals surface area contributed by atoms with Gasteiger partial charge in [0.15, 0.2) is 0 Å². The Morgan fingerprint density at radius 1 is 1.00 bits per heavy atom. The maximum Gasteiger partial charge on any atom is 0.307 e. The van der Waals surface area contributed by atoms with E-state index < -0.39 is 5.97 Å². The van der Waals surface area contributed by atoms with Crippen LogP contribution >= 0.6 is 22.9 Å². The Morgan fingerprint density at radius 3 is 2.55 bits per heavy atom. The van der Waals surface area contributed by atoms with Crippen LogP contribution in [0.25, 0.3) is 54.1 Å². The van der Waals surface area contributed by atoms with E-state index in [0.29, 0.717) is 5.02 Å². The molecule has 38 heavy (non-hydrogen) atoms. The van der Waals surface area contributed by atoms with Crippen LogP contribution in [0.2, 0.25) is 5.02 Å². The number of aliphatic carboxylic acids is 1. The van der Waals surface area contributed by atoms with E-state index >= 15 is 0 Å². The van der Waals surface area contributed by atoms with E-state index in [1.807, 2.05) is 66.3 Å². The number of benzene rings is 3. The van der Waals surface area contributed by atoms with Gasteiger partial charge in [0.05, 0.1) is 27.8 Å². The summed E-state index contributed by atoms with van der Waals surface area (Å²) in [6.45, 7) is 4.83. The van der Waals surface area contributed by atoms with E-state index in [4.69, 9.17) is 16.6 Å². The maximum atomic E-state index is 11.7. The molecule has 0 atom stereocenters. The van der Waals surface area contributed by atoms with Gasteiger partial charge in [-0.3, -0.25) is 14.5 Å². The molecule has 8 heteroatoms. The lowest BCUT2D eigenvalue weighted by Crippen LogP contribution is -2.04. The molecular formula is C30H23ClN4O2S. The highest BCUT2D eigenvalue weighted by atomic mass is 35.5. The Hall–Kier alpha value is -4.07. The number of thiazole rings is 1. The monoisotopic (exact) mass is 538 g/mol. The second kappa shape index (κ2) is 9.67. The molecular weight excluding hydrogens is 516 g/mol. The third kappa shape index (κ3) is 4.44. The van der Waals surface area contributed by atoms with Crippen LogP contribution in [0.1, 0.15) is 18.1 Å². The van der Waals surface area contributed by atoms with Crippen molar-refractivity contribution < 1.29 is 9.90 Å². The van der Waals surface area contributed by atoms with Gasteiger partial charge in [-0.1, -0.05) is 29.8 Å². The van der Waals surface area contributed by atoms with Crippen molar-refractivity contribution in [2.45, 2.75) is 26.8 Å². The number of aryl methyl sites for hydroxylation is 2. The molecule has 0 aliphatic rings. The van der Waals surface area contributed by atoms with E-state index in [1.165, 1.54) is 0 Å². The fourth-order valence-electron chi connectivity index (χ4n) is 4.78. The van der Waals surface area contributed by atoms with E-state index in [2.05, 4.69) is 29.1 Å². The molecule has 3 heterocycles. The van der Waals surface area contributed by atoms with E-state index in [-0.39, 0.29) is 6.42 Å². The fraction of sp³-hybridized carbons (Fsp3) is 0.133. The van der Waals surface area contributed by atoms with Gasteiger partial charge in [-0.05, 0) is 73.0 Å². The van der Waals surface area contributed by atoms with Crippen molar-refractivity contribution in [1.82, 2.24) is 19.7 Å². The van der Waals surface area contributed by atoms with Crippen LogP contribution in [0.5, 0.6) is 0 Å². The van der Waals surface area contributed by atoms with Crippen molar-refractivity contribution in [3.63, 3.8) is 0 Å². The van der Waals surface area contributed by atoms with Crippen molar-refractivity contribution in [3.05, 3.63) is 89.2 Å². The maximum absolute atomic E-state index is 11.7. The molecule has 3 aromatic heterocycles. The summed E-state index contributed by atoms with van der Waals surface area (Å²) in [5.74, 6) is -0.868. The molecule has 188 valence electrons. The first-order chi connectivity index (χ1) is 18.4. The molecule has 0 aliphatic carbocycles. The number of carbonyl (C=O) groups is 1. The van der Waals surface area contributed by atoms with Crippen molar-refractivity contribution in [2.24, 2.45) is 0 Å². The van der Waals surface area contributed by atoms with Crippen molar-refractivity contribution in [3.8, 4) is 33.0 Å². The molecule has 0 amide bonds. The first-order valence-electron chi connectivity index (χ1n) is 12.2. The van der Waals surface area contributed by atoms with Crippen LogP contribution in [0.3, 0.4) is 0 Å². The minimum atomic E-state index is -0.868. The number of rotatable bonds is 6. The van der Waals surface area contributed by atoms with Crippen molar-refractivity contribution in [1.29, 1.82) is 0 Å². The van der Waals surface area contributed by atoms with Crippen molar-refractivity contribution in [2.75, 3.05) is 0 Å². The van der Waals surface area contributed by atoms with Gasteiger partial charge in [0, 0.05) is 46.0 Å². The van der Waals surface area contributed by atoms with E-state index in [1.54, 1.807) is 17.5 Å². The molecule has 3 aromatic carbocycles. The van der Waals surface area contributed by atoms with Gasteiger partial charge in [-0.25, -0.2) is 4.98 Å². The number of carboxylic acids is 1. The minimum absolute atomic E-state index is 0.0660. The number of fused-ring (bicyclic) bond motifs is 2. The van der Waals surface area contributed by atoms with Crippen LogP contribution in [-0.4, -0.2) is 30.8 Å². The predicted octanol–water partition coefficient (Wildman–Crippen LogP) is 7.65. The van der Waals surface area contributed by atoms with Gasteiger partial charge in [0.2, 0.25) is 0 Å². The molecule has 6 nitrogen and oxygen atoms in total. The molecule has 6 aromatic rings. The number of hydrogen-bond donors (Lipinski definition) is 1. The fourth-order valence-corrected chi connectivity index (χ4v) is 6.04. The number of carboxylic acid groups (broad SMARTS) is 1. The zero-order valence-corrected chi connectivity index (χ0v) is 22.3. The number of hydrogen-bond acceptors (Lipinski definition) is 5. The Bertz CT molecular complexity index is 1840.